The lowest BCUT2D eigenvalue weighted by molar-refractivity contribution is -0.343. The van der Waals surface area contributed by atoms with E-state index in [1.807, 2.05) is 0 Å². The van der Waals surface area contributed by atoms with Gasteiger partial charge in [-0.25, -0.2) is 0 Å². The van der Waals surface area contributed by atoms with Crippen LogP contribution in [0.5, 0.6) is 0 Å². The van der Waals surface area contributed by atoms with Gasteiger partial charge >= 0.3 is 0 Å². The number of rotatable bonds is 7. The number of aliphatic hydroxyl groups excluding tert-OH is 5. The van der Waals surface area contributed by atoms with Crippen LogP contribution in [0.2, 0.25) is 0 Å². The standard InChI is InChI=1S/C6H15O9P/c7-1-3(8)5(10)6(11)4(9)2-15-16(12,13)14/h3-11H,1-2H2,(H2,12,13,14)/p-2/t3-,4-,5-,6-/m1/s1. The number of phosphoric ester groups is 1. The van der Waals surface area contributed by atoms with Crippen LogP contribution >= 0.6 is 7.82 Å². The van der Waals surface area contributed by atoms with Gasteiger partial charge in [-0.05, 0) is 0 Å². The number of aliphatic hydroxyl groups is 5. The minimum absolute atomic E-state index is 0.868. The molecule has 4 atom stereocenters. The molecule has 10 heteroatoms. The monoisotopic (exact) mass is 260 g/mol. The molecule has 0 spiro atoms. The first-order valence-corrected chi connectivity index (χ1v) is 5.65. The van der Waals surface area contributed by atoms with Gasteiger partial charge in [0.15, 0.2) is 0 Å². The Labute approximate surface area is 90.8 Å². The number of hydrogen-bond donors (Lipinski definition) is 5. The lowest BCUT2D eigenvalue weighted by Crippen LogP contribution is -2.47. The van der Waals surface area contributed by atoms with Gasteiger partial charge in [0, 0.05) is 0 Å². The molecule has 9 nitrogen and oxygen atoms in total. The maximum atomic E-state index is 10.0. The third-order valence-corrected chi connectivity index (χ3v) is 2.19. The molecule has 0 rings (SSSR count). The van der Waals surface area contributed by atoms with E-state index in [2.05, 4.69) is 4.52 Å². The van der Waals surface area contributed by atoms with Crippen molar-refractivity contribution in [2.24, 2.45) is 0 Å². The van der Waals surface area contributed by atoms with E-state index < -0.39 is 45.5 Å². The van der Waals surface area contributed by atoms with Crippen molar-refractivity contribution in [1.82, 2.24) is 0 Å². The fraction of sp³-hybridized carbons (Fsp3) is 1.00. The normalized spacial score (nSPS) is 20.2. The topological polar surface area (TPSA) is 174 Å². The zero-order valence-corrected chi connectivity index (χ0v) is 8.93. The first-order valence-electron chi connectivity index (χ1n) is 4.18. The van der Waals surface area contributed by atoms with Crippen molar-refractivity contribution in [3.63, 3.8) is 0 Å². The van der Waals surface area contributed by atoms with Crippen molar-refractivity contribution < 1.29 is 44.4 Å². The Hall–Kier alpha value is -0.0900. The fourth-order valence-corrected chi connectivity index (χ4v) is 1.16. The summed E-state index contributed by atoms with van der Waals surface area (Å²) in [6.07, 6.45) is -7.47. The Kier molecular flexibility index (Phi) is 6.56. The largest absolute Gasteiger partial charge is 0.790 e. The van der Waals surface area contributed by atoms with Crippen LogP contribution in [-0.2, 0) is 9.09 Å². The molecule has 98 valence electrons. The second-order valence-corrected chi connectivity index (χ2v) is 4.19. The second-order valence-electron chi connectivity index (χ2n) is 3.04. The van der Waals surface area contributed by atoms with Crippen LogP contribution in [0.15, 0.2) is 0 Å². The summed E-state index contributed by atoms with van der Waals surface area (Å²) in [7, 11) is -5.28. The third-order valence-electron chi connectivity index (χ3n) is 1.73. The molecule has 0 radical (unpaired) electrons. The third kappa shape index (κ3) is 5.85. The molecule has 0 saturated carbocycles. The van der Waals surface area contributed by atoms with Crippen LogP contribution in [0.3, 0.4) is 0 Å². The highest BCUT2D eigenvalue weighted by atomic mass is 31.2. The van der Waals surface area contributed by atoms with Crippen molar-refractivity contribution in [3.8, 4) is 0 Å². The molecule has 0 saturated heterocycles. The van der Waals surface area contributed by atoms with Gasteiger partial charge < -0.3 is 44.4 Å². The summed E-state index contributed by atoms with van der Waals surface area (Å²) >= 11 is 0. The summed E-state index contributed by atoms with van der Waals surface area (Å²) in [4.78, 5) is 20.0. The molecule has 0 fully saturated rings. The average molecular weight is 260 g/mol. The van der Waals surface area contributed by atoms with Crippen LogP contribution in [-0.4, -0.2) is 63.2 Å². The van der Waals surface area contributed by atoms with Gasteiger partial charge in [-0.15, -0.1) is 0 Å². The molecule has 0 aromatic heterocycles. The fourth-order valence-electron chi connectivity index (χ4n) is 0.829. The van der Waals surface area contributed by atoms with E-state index in [1.54, 1.807) is 0 Å². The molecular formula is C6H13O9P-2. The Balaban J connectivity index is 4.17. The van der Waals surface area contributed by atoms with Gasteiger partial charge in [0.25, 0.3) is 0 Å². The minimum atomic E-state index is -5.28. The first kappa shape index (κ1) is 15.9. The Bertz CT molecular complexity index is 240. The zero-order valence-electron chi connectivity index (χ0n) is 8.04. The Morgan fingerprint density at radius 1 is 1.06 bits per heavy atom. The summed E-state index contributed by atoms with van der Waals surface area (Å²) in [6, 6.07) is 0. The SMILES string of the molecule is O=P([O-])([O-])OC[C@@H](O)[C@@H](O)[C@H](O)[C@H](O)CO. The van der Waals surface area contributed by atoms with Crippen LogP contribution < -0.4 is 9.79 Å². The van der Waals surface area contributed by atoms with E-state index in [1.165, 1.54) is 0 Å². The first-order chi connectivity index (χ1) is 7.19. The molecule has 16 heavy (non-hydrogen) atoms. The van der Waals surface area contributed by atoms with Crippen molar-refractivity contribution >= 4 is 7.82 Å². The molecule has 0 aromatic rings. The molecule has 0 aliphatic carbocycles. The van der Waals surface area contributed by atoms with Gasteiger partial charge in [0.05, 0.1) is 21.0 Å². The van der Waals surface area contributed by atoms with E-state index in [0.29, 0.717) is 0 Å². The Morgan fingerprint density at radius 2 is 1.50 bits per heavy atom. The van der Waals surface area contributed by atoms with Crippen LogP contribution in [0.1, 0.15) is 0 Å². The van der Waals surface area contributed by atoms with Crippen LogP contribution in [0.25, 0.3) is 0 Å². The molecule has 5 N–H and O–H groups in total. The van der Waals surface area contributed by atoms with E-state index in [9.17, 15) is 14.4 Å². The van der Waals surface area contributed by atoms with Gasteiger partial charge in [-0.2, -0.15) is 0 Å². The van der Waals surface area contributed by atoms with Gasteiger partial charge in [-0.1, -0.05) is 0 Å². The predicted molar refractivity (Wildman–Crippen MR) is 44.7 cm³/mol. The van der Waals surface area contributed by atoms with E-state index in [-0.39, 0.29) is 0 Å². The number of phosphoric acid groups is 1. The highest BCUT2D eigenvalue weighted by Gasteiger charge is 2.30. The summed E-state index contributed by atoms with van der Waals surface area (Å²) in [5, 5.41) is 44.6. The molecule has 0 unspecified atom stereocenters. The van der Waals surface area contributed by atoms with E-state index >= 15 is 0 Å². The van der Waals surface area contributed by atoms with Crippen LogP contribution in [0, 0.1) is 0 Å². The second kappa shape index (κ2) is 6.60. The van der Waals surface area contributed by atoms with Gasteiger partial charge in [0.1, 0.15) is 24.4 Å². The van der Waals surface area contributed by atoms with E-state index in [4.69, 9.17) is 25.5 Å². The molecular weight excluding hydrogens is 247 g/mol. The molecule has 0 bridgehead atoms. The summed E-state index contributed by atoms with van der Waals surface area (Å²) in [6.45, 7) is -1.92. The predicted octanol–water partition coefficient (Wildman–Crippen LogP) is -4.73. The molecule has 0 aliphatic rings. The lowest BCUT2D eigenvalue weighted by atomic mass is 10.0. The smallest absolute Gasteiger partial charge is 0.111 e. The molecule has 0 aromatic carbocycles. The molecule has 0 amide bonds. The van der Waals surface area contributed by atoms with Crippen molar-refractivity contribution in [1.29, 1.82) is 0 Å². The zero-order chi connectivity index (χ0) is 12.9. The van der Waals surface area contributed by atoms with Crippen LogP contribution in [0.4, 0.5) is 0 Å². The Morgan fingerprint density at radius 3 is 1.88 bits per heavy atom. The van der Waals surface area contributed by atoms with Crippen molar-refractivity contribution in [3.05, 3.63) is 0 Å². The summed E-state index contributed by atoms with van der Waals surface area (Å²) in [5.41, 5.74) is 0. The van der Waals surface area contributed by atoms with Gasteiger partial charge in [-0.3, -0.25) is 0 Å². The number of hydrogen-bond acceptors (Lipinski definition) is 9. The average Bonchev–Trinajstić information content (AvgIpc) is 2.21. The van der Waals surface area contributed by atoms with Crippen molar-refractivity contribution in [2.45, 2.75) is 24.4 Å². The quantitative estimate of drug-likeness (QED) is 0.281. The summed E-state index contributed by atoms with van der Waals surface area (Å²) < 4.78 is 13.7. The molecule has 0 aliphatic heterocycles. The van der Waals surface area contributed by atoms with Gasteiger partial charge in [0.2, 0.25) is 0 Å². The maximum absolute atomic E-state index is 10.0. The summed E-state index contributed by atoms with van der Waals surface area (Å²) in [5.74, 6) is 0. The minimum Gasteiger partial charge on any atom is -0.790 e. The maximum Gasteiger partial charge on any atom is 0.111 e. The highest BCUT2D eigenvalue weighted by Crippen LogP contribution is 2.25. The molecule has 0 heterocycles. The lowest BCUT2D eigenvalue weighted by Gasteiger charge is -2.31. The van der Waals surface area contributed by atoms with Crippen molar-refractivity contribution in [2.75, 3.05) is 13.2 Å². The van der Waals surface area contributed by atoms with E-state index in [0.717, 1.165) is 0 Å². The highest BCUT2D eigenvalue weighted by molar-refractivity contribution is 7.43.